The van der Waals surface area contributed by atoms with Crippen molar-refractivity contribution in [3.63, 3.8) is 0 Å². The van der Waals surface area contributed by atoms with Crippen LogP contribution in [0.5, 0.6) is 0 Å². The quantitative estimate of drug-likeness (QED) is 0.643. The molecule has 1 atom stereocenters. The lowest BCUT2D eigenvalue weighted by atomic mass is 9.96. The molecule has 0 radical (unpaired) electrons. The minimum absolute atomic E-state index is 0.671. The number of rotatable bonds is 10. The highest BCUT2D eigenvalue weighted by atomic mass is 16.5. The third-order valence-corrected chi connectivity index (χ3v) is 3.07. The van der Waals surface area contributed by atoms with Gasteiger partial charge in [-0.25, -0.2) is 0 Å². The number of nitrogens with one attached hydrogen (secondary N) is 1. The summed E-state index contributed by atoms with van der Waals surface area (Å²) in [6, 6.07) is 10.7. The van der Waals surface area contributed by atoms with Crippen molar-refractivity contribution >= 4 is 0 Å². The predicted octanol–water partition coefficient (Wildman–Crippen LogP) is 3.27. The van der Waals surface area contributed by atoms with E-state index in [0.717, 1.165) is 45.6 Å². The Morgan fingerprint density at radius 3 is 2.56 bits per heavy atom. The minimum Gasteiger partial charge on any atom is -0.381 e. The number of hydrogen-bond donors (Lipinski definition) is 1. The average Bonchev–Trinajstić information content (AvgIpc) is 2.41. The van der Waals surface area contributed by atoms with Crippen molar-refractivity contribution in [2.45, 2.75) is 33.1 Å². The molecule has 0 spiro atoms. The topological polar surface area (TPSA) is 21.3 Å². The molecule has 0 fully saturated rings. The van der Waals surface area contributed by atoms with Crippen molar-refractivity contribution in [3.05, 3.63) is 35.9 Å². The molecule has 1 rings (SSSR count). The lowest BCUT2D eigenvalue weighted by molar-refractivity contribution is 0.120. The van der Waals surface area contributed by atoms with Crippen LogP contribution in [-0.2, 0) is 11.2 Å². The maximum Gasteiger partial charge on any atom is 0.0469 e. The van der Waals surface area contributed by atoms with Gasteiger partial charge < -0.3 is 10.1 Å². The Morgan fingerprint density at radius 2 is 1.89 bits per heavy atom. The Hall–Kier alpha value is -0.860. The summed E-state index contributed by atoms with van der Waals surface area (Å²) in [5.41, 5.74) is 1.43. The molecular formula is C16H27NO. The van der Waals surface area contributed by atoms with Crippen molar-refractivity contribution in [3.8, 4) is 0 Å². The second-order valence-corrected chi connectivity index (χ2v) is 4.76. The van der Waals surface area contributed by atoms with Crippen LogP contribution in [0.4, 0.5) is 0 Å². The van der Waals surface area contributed by atoms with Crippen LogP contribution in [0.1, 0.15) is 32.3 Å². The van der Waals surface area contributed by atoms with Gasteiger partial charge in [-0.3, -0.25) is 0 Å². The first-order valence-corrected chi connectivity index (χ1v) is 7.19. The molecule has 2 nitrogen and oxygen atoms in total. The summed E-state index contributed by atoms with van der Waals surface area (Å²) in [7, 11) is 0. The van der Waals surface area contributed by atoms with E-state index in [1.807, 2.05) is 0 Å². The Kier molecular flexibility index (Phi) is 8.53. The molecule has 2 heteroatoms. The highest BCUT2D eigenvalue weighted by Crippen LogP contribution is 2.12. The Morgan fingerprint density at radius 1 is 1.11 bits per heavy atom. The van der Waals surface area contributed by atoms with Crippen LogP contribution in [0.25, 0.3) is 0 Å². The lowest BCUT2D eigenvalue weighted by Gasteiger charge is -2.17. The zero-order valence-corrected chi connectivity index (χ0v) is 11.8. The molecule has 0 saturated carbocycles. The predicted molar refractivity (Wildman–Crippen MR) is 77.9 cm³/mol. The fraction of sp³-hybridized carbons (Fsp3) is 0.625. The molecule has 1 N–H and O–H groups in total. The van der Waals surface area contributed by atoms with E-state index in [1.165, 1.54) is 5.56 Å². The van der Waals surface area contributed by atoms with Crippen LogP contribution >= 0.6 is 0 Å². The summed E-state index contributed by atoms with van der Waals surface area (Å²) in [5, 5.41) is 3.45. The van der Waals surface area contributed by atoms with Gasteiger partial charge in [0.1, 0.15) is 0 Å². The van der Waals surface area contributed by atoms with Crippen LogP contribution in [0.15, 0.2) is 30.3 Å². The molecule has 1 unspecified atom stereocenters. The summed E-state index contributed by atoms with van der Waals surface area (Å²) in [4.78, 5) is 0. The molecule has 0 aliphatic carbocycles. The van der Waals surface area contributed by atoms with Crippen molar-refractivity contribution in [1.82, 2.24) is 5.32 Å². The Balaban J connectivity index is 2.35. The smallest absolute Gasteiger partial charge is 0.0469 e. The third kappa shape index (κ3) is 6.77. The lowest BCUT2D eigenvalue weighted by Crippen LogP contribution is -2.25. The molecule has 0 aliphatic heterocycles. The van der Waals surface area contributed by atoms with Crippen molar-refractivity contribution in [2.75, 3.05) is 26.3 Å². The molecule has 0 saturated heterocycles. The van der Waals surface area contributed by atoms with Gasteiger partial charge in [-0.15, -0.1) is 0 Å². The van der Waals surface area contributed by atoms with E-state index in [9.17, 15) is 0 Å². The molecule has 0 bridgehead atoms. The number of ether oxygens (including phenoxy) is 1. The van der Waals surface area contributed by atoms with E-state index in [4.69, 9.17) is 4.74 Å². The highest BCUT2D eigenvalue weighted by molar-refractivity contribution is 5.15. The molecule has 102 valence electrons. The van der Waals surface area contributed by atoms with E-state index in [2.05, 4.69) is 49.5 Å². The fourth-order valence-corrected chi connectivity index (χ4v) is 2.07. The van der Waals surface area contributed by atoms with Crippen molar-refractivity contribution in [1.29, 1.82) is 0 Å². The second kappa shape index (κ2) is 10.1. The maximum atomic E-state index is 5.60. The monoisotopic (exact) mass is 249 g/mol. The van der Waals surface area contributed by atoms with Crippen LogP contribution < -0.4 is 5.32 Å². The van der Waals surface area contributed by atoms with E-state index in [0.29, 0.717) is 5.92 Å². The van der Waals surface area contributed by atoms with Crippen LogP contribution in [0, 0.1) is 5.92 Å². The normalized spacial score (nSPS) is 12.6. The van der Waals surface area contributed by atoms with E-state index in [1.54, 1.807) is 0 Å². The summed E-state index contributed by atoms with van der Waals surface area (Å²) < 4.78 is 5.60. The van der Waals surface area contributed by atoms with E-state index >= 15 is 0 Å². The fourth-order valence-electron chi connectivity index (χ4n) is 2.07. The third-order valence-electron chi connectivity index (χ3n) is 3.07. The first-order valence-electron chi connectivity index (χ1n) is 7.19. The highest BCUT2D eigenvalue weighted by Gasteiger charge is 2.09. The van der Waals surface area contributed by atoms with Gasteiger partial charge in [-0.1, -0.05) is 44.2 Å². The van der Waals surface area contributed by atoms with Crippen molar-refractivity contribution in [2.24, 2.45) is 5.92 Å². The van der Waals surface area contributed by atoms with Gasteiger partial charge in [0.25, 0.3) is 0 Å². The molecular weight excluding hydrogens is 222 g/mol. The zero-order chi connectivity index (χ0) is 13.1. The van der Waals surface area contributed by atoms with Crippen molar-refractivity contribution < 1.29 is 4.74 Å². The molecule has 0 heterocycles. The first-order chi connectivity index (χ1) is 8.86. The van der Waals surface area contributed by atoms with Gasteiger partial charge in [0, 0.05) is 13.2 Å². The average molecular weight is 249 g/mol. The standard InChI is InChI=1S/C16H27NO/c1-3-11-18-12-10-16(14-17-4-2)13-15-8-6-5-7-9-15/h5-9,16-17H,3-4,10-14H2,1-2H3. The molecule has 0 aromatic heterocycles. The van der Waals surface area contributed by atoms with Gasteiger partial charge in [-0.2, -0.15) is 0 Å². The minimum atomic E-state index is 0.671. The van der Waals surface area contributed by atoms with Gasteiger partial charge in [0.2, 0.25) is 0 Å². The molecule has 0 amide bonds. The van der Waals surface area contributed by atoms with Crippen LogP contribution in [0.3, 0.4) is 0 Å². The zero-order valence-electron chi connectivity index (χ0n) is 11.8. The maximum absolute atomic E-state index is 5.60. The Labute approximate surface area is 112 Å². The Bertz CT molecular complexity index is 286. The molecule has 1 aromatic carbocycles. The van der Waals surface area contributed by atoms with Crippen LogP contribution in [0.2, 0.25) is 0 Å². The summed E-state index contributed by atoms with van der Waals surface area (Å²) in [6.45, 7) is 8.21. The number of benzene rings is 1. The van der Waals surface area contributed by atoms with Gasteiger partial charge in [0.05, 0.1) is 0 Å². The molecule has 18 heavy (non-hydrogen) atoms. The molecule has 0 aliphatic rings. The number of hydrogen-bond acceptors (Lipinski definition) is 2. The van der Waals surface area contributed by atoms with E-state index < -0.39 is 0 Å². The summed E-state index contributed by atoms with van der Waals surface area (Å²) >= 11 is 0. The SMILES string of the molecule is CCCOCCC(CNCC)Cc1ccccc1. The largest absolute Gasteiger partial charge is 0.381 e. The summed E-state index contributed by atoms with van der Waals surface area (Å²) in [6.07, 6.45) is 3.39. The molecule has 1 aromatic rings. The van der Waals surface area contributed by atoms with Crippen LogP contribution in [-0.4, -0.2) is 26.3 Å². The van der Waals surface area contributed by atoms with E-state index in [-0.39, 0.29) is 0 Å². The van der Waals surface area contributed by atoms with Gasteiger partial charge in [0.15, 0.2) is 0 Å². The van der Waals surface area contributed by atoms with Gasteiger partial charge >= 0.3 is 0 Å². The second-order valence-electron chi connectivity index (χ2n) is 4.76. The first kappa shape index (κ1) is 15.2. The van der Waals surface area contributed by atoms with Gasteiger partial charge in [-0.05, 0) is 43.8 Å². The summed E-state index contributed by atoms with van der Waals surface area (Å²) in [5.74, 6) is 0.671.